The maximum absolute atomic E-state index is 12.9. The van der Waals surface area contributed by atoms with E-state index in [4.69, 9.17) is 9.47 Å². The molecule has 0 spiro atoms. The Balaban J connectivity index is 1.56. The maximum atomic E-state index is 12.9. The van der Waals surface area contributed by atoms with Gasteiger partial charge in [0, 0.05) is 18.7 Å². The number of nitrogens with zero attached hydrogens (tertiary/aromatic N) is 1. The number of benzene rings is 2. The highest BCUT2D eigenvalue weighted by Gasteiger charge is 2.36. The van der Waals surface area contributed by atoms with Crippen molar-refractivity contribution in [3.8, 4) is 5.75 Å². The van der Waals surface area contributed by atoms with Gasteiger partial charge >= 0.3 is 11.8 Å². The molecular weight excluding hydrogens is 422 g/mol. The number of hydrogen-bond donors (Lipinski definition) is 2. The van der Waals surface area contributed by atoms with Gasteiger partial charge in [0.2, 0.25) is 10.0 Å². The van der Waals surface area contributed by atoms with E-state index >= 15 is 0 Å². The Bertz CT molecular complexity index is 1040. The summed E-state index contributed by atoms with van der Waals surface area (Å²) in [4.78, 5) is 24.4. The van der Waals surface area contributed by atoms with Crippen molar-refractivity contribution in [2.24, 2.45) is 0 Å². The Morgan fingerprint density at radius 2 is 1.77 bits per heavy atom. The topological polar surface area (TPSA) is 114 Å². The number of methoxy groups -OCH3 is 1. The number of para-hydroxylation sites is 1. The molecule has 9 nitrogen and oxygen atoms in total. The molecule has 166 valence electrons. The lowest BCUT2D eigenvalue weighted by Crippen LogP contribution is -2.47. The van der Waals surface area contributed by atoms with Crippen molar-refractivity contribution in [3.63, 3.8) is 0 Å². The summed E-state index contributed by atoms with van der Waals surface area (Å²) in [7, 11) is -2.26. The van der Waals surface area contributed by atoms with Crippen molar-refractivity contribution in [1.82, 2.24) is 14.9 Å². The highest BCUT2D eigenvalue weighted by molar-refractivity contribution is 7.89. The fraction of sp³-hybridized carbons (Fsp3) is 0.333. The van der Waals surface area contributed by atoms with Crippen molar-refractivity contribution >= 4 is 21.8 Å². The quantitative estimate of drug-likeness (QED) is 0.607. The molecule has 1 aliphatic rings. The molecular formula is C21H25N3O6S. The molecule has 3 rings (SSSR count). The lowest BCUT2D eigenvalue weighted by atomic mass is 10.2. The fourth-order valence-corrected chi connectivity index (χ4v) is 4.66. The zero-order chi connectivity index (χ0) is 22.4. The van der Waals surface area contributed by atoms with Gasteiger partial charge in [-0.05, 0) is 25.1 Å². The minimum absolute atomic E-state index is 0.115. The van der Waals surface area contributed by atoms with E-state index in [9.17, 15) is 18.0 Å². The second-order valence-corrected chi connectivity index (χ2v) is 8.85. The minimum Gasteiger partial charge on any atom is -0.496 e. The van der Waals surface area contributed by atoms with Crippen LogP contribution in [0, 0.1) is 6.92 Å². The molecule has 2 amide bonds. The van der Waals surface area contributed by atoms with Crippen LogP contribution in [0.5, 0.6) is 5.75 Å². The summed E-state index contributed by atoms with van der Waals surface area (Å²) >= 11 is 0. The molecule has 2 aromatic carbocycles. The highest BCUT2D eigenvalue weighted by Crippen LogP contribution is 2.22. The van der Waals surface area contributed by atoms with Gasteiger partial charge in [-0.1, -0.05) is 35.9 Å². The maximum Gasteiger partial charge on any atom is 0.309 e. The molecule has 1 heterocycles. The molecule has 31 heavy (non-hydrogen) atoms. The Labute approximate surface area is 181 Å². The van der Waals surface area contributed by atoms with Crippen molar-refractivity contribution < 1.29 is 27.5 Å². The number of sulfonamides is 1. The van der Waals surface area contributed by atoms with E-state index in [0.717, 1.165) is 11.1 Å². The summed E-state index contributed by atoms with van der Waals surface area (Å²) in [6.07, 6.45) is -0.891. The molecule has 1 atom stereocenters. The van der Waals surface area contributed by atoms with Crippen LogP contribution >= 0.6 is 0 Å². The molecule has 1 fully saturated rings. The van der Waals surface area contributed by atoms with E-state index < -0.39 is 28.1 Å². The molecule has 0 radical (unpaired) electrons. The summed E-state index contributed by atoms with van der Waals surface area (Å²) in [5, 5.41) is 4.96. The van der Waals surface area contributed by atoms with Crippen LogP contribution in [0.4, 0.5) is 0 Å². The summed E-state index contributed by atoms with van der Waals surface area (Å²) in [5.74, 6) is -1.12. The van der Waals surface area contributed by atoms with Gasteiger partial charge in [-0.25, -0.2) is 8.42 Å². The smallest absolute Gasteiger partial charge is 0.309 e. The molecule has 1 aliphatic heterocycles. The van der Waals surface area contributed by atoms with Crippen LogP contribution in [0.15, 0.2) is 53.4 Å². The minimum atomic E-state index is -3.78. The predicted octanol–water partition coefficient (Wildman–Crippen LogP) is 0.783. The zero-order valence-corrected chi connectivity index (χ0v) is 18.1. The van der Waals surface area contributed by atoms with Gasteiger partial charge in [0.25, 0.3) is 0 Å². The molecule has 2 N–H and O–H groups in total. The largest absolute Gasteiger partial charge is 0.496 e. The SMILES string of the molecule is COc1ccccc1CNC(=O)C(=O)NC[C@@H]1OCCN1S(=O)(=O)c1ccc(C)cc1. The summed E-state index contributed by atoms with van der Waals surface area (Å²) in [5.41, 5.74) is 1.67. The van der Waals surface area contributed by atoms with Gasteiger partial charge < -0.3 is 20.1 Å². The summed E-state index contributed by atoms with van der Waals surface area (Å²) in [6, 6.07) is 13.6. The predicted molar refractivity (Wildman–Crippen MR) is 113 cm³/mol. The first-order chi connectivity index (χ1) is 14.8. The van der Waals surface area contributed by atoms with Gasteiger partial charge in [0.1, 0.15) is 12.0 Å². The third-order valence-electron chi connectivity index (χ3n) is 4.85. The summed E-state index contributed by atoms with van der Waals surface area (Å²) in [6.45, 7) is 2.20. The van der Waals surface area contributed by atoms with Gasteiger partial charge in [0.15, 0.2) is 0 Å². The molecule has 0 aromatic heterocycles. The molecule has 0 bridgehead atoms. The summed E-state index contributed by atoms with van der Waals surface area (Å²) < 4.78 is 37.7. The third-order valence-corrected chi connectivity index (χ3v) is 6.75. The van der Waals surface area contributed by atoms with Gasteiger partial charge in [-0.2, -0.15) is 4.31 Å². The lowest BCUT2D eigenvalue weighted by Gasteiger charge is -2.23. The van der Waals surface area contributed by atoms with Crippen LogP contribution in [0.3, 0.4) is 0 Å². The Morgan fingerprint density at radius 3 is 2.48 bits per heavy atom. The number of rotatable bonds is 7. The van der Waals surface area contributed by atoms with Crippen LogP contribution in [-0.2, 0) is 30.9 Å². The van der Waals surface area contributed by atoms with E-state index in [0.29, 0.717) is 5.75 Å². The Hall–Kier alpha value is -2.95. The third kappa shape index (κ3) is 5.40. The van der Waals surface area contributed by atoms with Crippen molar-refractivity contribution in [2.45, 2.75) is 24.6 Å². The van der Waals surface area contributed by atoms with E-state index in [1.807, 2.05) is 6.92 Å². The van der Waals surface area contributed by atoms with E-state index in [1.165, 1.54) is 23.5 Å². The average molecular weight is 448 g/mol. The normalized spacial score (nSPS) is 16.6. The van der Waals surface area contributed by atoms with Gasteiger partial charge in [-0.15, -0.1) is 0 Å². The van der Waals surface area contributed by atoms with Crippen LogP contribution in [-0.4, -0.2) is 57.6 Å². The number of carbonyl (C=O) groups excluding carboxylic acids is 2. The van der Waals surface area contributed by atoms with Crippen LogP contribution in [0.25, 0.3) is 0 Å². The number of ether oxygens (including phenoxy) is 2. The number of aryl methyl sites for hydroxylation is 1. The molecule has 0 saturated carbocycles. The van der Waals surface area contributed by atoms with E-state index in [-0.39, 0.29) is 31.1 Å². The Kier molecular flexibility index (Phi) is 7.26. The second kappa shape index (κ2) is 9.90. The van der Waals surface area contributed by atoms with Crippen molar-refractivity contribution in [3.05, 3.63) is 59.7 Å². The van der Waals surface area contributed by atoms with Crippen LogP contribution < -0.4 is 15.4 Å². The molecule has 1 saturated heterocycles. The number of nitrogens with one attached hydrogen (secondary N) is 2. The first-order valence-electron chi connectivity index (χ1n) is 9.71. The number of carbonyl (C=O) groups is 2. The monoisotopic (exact) mass is 447 g/mol. The standard InChI is InChI=1S/C21H25N3O6S/c1-15-7-9-17(10-8-15)31(27,28)24-11-12-30-19(24)14-23-21(26)20(25)22-13-16-5-3-4-6-18(16)29-2/h3-10,19H,11-14H2,1-2H3,(H,22,25)(H,23,26)/t19-/m0/s1. The average Bonchev–Trinajstić information content (AvgIpc) is 3.26. The van der Waals surface area contributed by atoms with Crippen LogP contribution in [0.2, 0.25) is 0 Å². The highest BCUT2D eigenvalue weighted by atomic mass is 32.2. The van der Waals surface area contributed by atoms with Gasteiger partial charge in [-0.3, -0.25) is 9.59 Å². The second-order valence-electron chi connectivity index (χ2n) is 6.96. The first kappa shape index (κ1) is 22.7. The number of amides is 2. The van der Waals surface area contributed by atoms with Crippen molar-refractivity contribution in [1.29, 1.82) is 0 Å². The molecule has 0 aliphatic carbocycles. The molecule has 0 unspecified atom stereocenters. The fourth-order valence-electron chi connectivity index (χ4n) is 3.15. The van der Waals surface area contributed by atoms with Gasteiger partial charge in [0.05, 0.1) is 25.2 Å². The zero-order valence-electron chi connectivity index (χ0n) is 17.3. The van der Waals surface area contributed by atoms with E-state index in [1.54, 1.807) is 36.4 Å². The first-order valence-corrected chi connectivity index (χ1v) is 11.1. The number of hydrogen-bond acceptors (Lipinski definition) is 6. The van der Waals surface area contributed by atoms with Crippen molar-refractivity contribution in [2.75, 3.05) is 26.8 Å². The lowest BCUT2D eigenvalue weighted by molar-refractivity contribution is -0.139. The molecule has 10 heteroatoms. The van der Waals surface area contributed by atoms with Crippen LogP contribution in [0.1, 0.15) is 11.1 Å². The molecule has 2 aromatic rings. The van der Waals surface area contributed by atoms with E-state index in [2.05, 4.69) is 10.6 Å². The Morgan fingerprint density at radius 1 is 1.10 bits per heavy atom.